The van der Waals surface area contributed by atoms with Gasteiger partial charge in [0.05, 0.1) is 12.0 Å². The van der Waals surface area contributed by atoms with Crippen molar-refractivity contribution in [1.82, 2.24) is 5.32 Å². The molecule has 1 aromatic rings. The summed E-state index contributed by atoms with van der Waals surface area (Å²) in [6, 6.07) is 6.36. The molecule has 4 saturated carbocycles. The third-order valence-electron chi connectivity index (χ3n) is 6.52. The molecule has 0 heterocycles. The molecule has 1 atom stereocenters. The quantitative estimate of drug-likeness (QED) is 0.921. The SMILES string of the molecule is Cc1ccc(C(=O)N[C@H](C(=O)[O-])C23CC4CC(CC(C4)C2)C3)cc1. The number of carbonyl (C=O) groups is 2. The van der Waals surface area contributed by atoms with Crippen LogP contribution < -0.4 is 10.4 Å². The Morgan fingerprint density at radius 3 is 2.00 bits per heavy atom. The van der Waals surface area contributed by atoms with Gasteiger partial charge in [-0.1, -0.05) is 17.7 Å². The van der Waals surface area contributed by atoms with Gasteiger partial charge < -0.3 is 15.2 Å². The van der Waals surface area contributed by atoms with Crippen molar-refractivity contribution in [1.29, 1.82) is 0 Å². The van der Waals surface area contributed by atoms with Gasteiger partial charge in [0.1, 0.15) is 0 Å². The predicted molar refractivity (Wildman–Crippen MR) is 88.0 cm³/mol. The molecule has 4 heteroatoms. The fourth-order valence-corrected chi connectivity index (χ4v) is 5.91. The van der Waals surface area contributed by atoms with Crippen molar-refractivity contribution in [2.75, 3.05) is 0 Å². The van der Waals surface area contributed by atoms with Gasteiger partial charge in [0.2, 0.25) is 0 Å². The molecule has 1 N–H and O–H groups in total. The van der Waals surface area contributed by atoms with Gasteiger partial charge in [-0.05, 0) is 80.8 Å². The Kier molecular flexibility index (Phi) is 3.66. The summed E-state index contributed by atoms with van der Waals surface area (Å²) in [5.41, 5.74) is 1.29. The second kappa shape index (κ2) is 5.61. The molecule has 4 fully saturated rings. The molecule has 128 valence electrons. The summed E-state index contributed by atoms with van der Waals surface area (Å²) >= 11 is 0. The molecule has 0 saturated heterocycles. The highest BCUT2D eigenvalue weighted by Gasteiger charge is 2.54. The van der Waals surface area contributed by atoms with Gasteiger partial charge in [-0.2, -0.15) is 0 Å². The first-order chi connectivity index (χ1) is 11.4. The first kappa shape index (κ1) is 15.7. The summed E-state index contributed by atoms with van der Waals surface area (Å²) in [5.74, 6) is 0.468. The van der Waals surface area contributed by atoms with E-state index in [0.717, 1.165) is 24.8 Å². The van der Waals surface area contributed by atoms with Crippen molar-refractivity contribution in [3.8, 4) is 0 Å². The van der Waals surface area contributed by atoms with Crippen molar-refractivity contribution < 1.29 is 14.7 Å². The zero-order valence-corrected chi connectivity index (χ0v) is 14.1. The van der Waals surface area contributed by atoms with E-state index in [2.05, 4.69) is 5.32 Å². The Morgan fingerprint density at radius 2 is 1.54 bits per heavy atom. The summed E-state index contributed by atoms with van der Waals surface area (Å²) in [6.45, 7) is 1.96. The van der Waals surface area contributed by atoms with Crippen molar-refractivity contribution in [2.45, 2.75) is 51.5 Å². The van der Waals surface area contributed by atoms with Crippen molar-refractivity contribution >= 4 is 11.9 Å². The molecular weight excluding hydrogens is 302 g/mol. The molecule has 0 unspecified atom stereocenters. The van der Waals surface area contributed by atoms with E-state index in [4.69, 9.17) is 0 Å². The second-order valence-corrected chi connectivity index (χ2v) is 8.37. The number of aryl methyl sites for hydroxylation is 1. The number of rotatable bonds is 4. The van der Waals surface area contributed by atoms with Crippen molar-refractivity contribution in [3.05, 3.63) is 35.4 Å². The second-order valence-electron chi connectivity index (χ2n) is 8.37. The molecule has 4 aliphatic rings. The van der Waals surface area contributed by atoms with Crippen LogP contribution in [0.2, 0.25) is 0 Å². The molecular formula is C20H24NO3-. The Balaban J connectivity index is 1.57. The maximum atomic E-state index is 12.6. The standard InChI is InChI=1S/C20H25NO3/c1-12-2-4-16(5-3-12)18(22)21-17(19(23)24)20-9-13-6-14(10-20)8-15(7-13)11-20/h2-5,13-15,17H,6-11H2,1H3,(H,21,22)(H,23,24)/p-1/t13?,14?,15?,17-,20?/m1/s1. The van der Waals surface area contributed by atoms with Crippen molar-refractivity contribution in [2.24, 2.45) is 23.2 Å². The van der Waals surface area contributed by atoms with Crippen LogP contribution in [-0.2, 0) is 4.79 Å². The van der Waals surface area contributed by atoms with E-state index in [0.29, 0.717) is 23.3 Å². The summed E-state index contributed by atoms with van der Waals surface area (Å²) < 4.78 is 0. The molecule has 4 bridgehead atoms. The lowest BCUT2D eigenvalue weighted by atomic mass is 9.47. The van der Waals surface area contributed by atoms with E-state index >= 15 is 0 Å². The molecule has 0 radical (unpaired) electrons. The van der Waals surface area contributed by atoms with Crippen LogP contribution in [0.25, 0.3) is 0 Å². The molecule has 0 spiro atoms. The summed E-state index contributed by atoms with van der Waals surface area (Å²) in [6.07, 6.45) is 6.49. The van der Waals surface area contributed by atoms with Crippen LogP contribution in [-0.4, -0.2) is 17.9 Å². The number of hydrogen-bond donors (Lipinski definition) is 1. The highest BCUT2D eigenvalue weighted by Crippen LogP contribution is 2.61. The normalized spacial score (nSPS) is 34.8. The minimum atomic E-state index is -1.13. The Labute approximate surface area is 142 Å². The number of carbonyl (C=O) groups excluding carboxylic acids is 2. The molecule has 4 aliphatic carbocycles. The summed E-state index contributed by atoms with van der Waals surface area (Å²) in [4.78, 5) is 24.5. The first-order valence-electron chi connectivity index (χ1n) is 9.03. The molecule has 5 rings (SSSR count). The molecule has 0 aromatic heterocycles. The van der Waals surface area contributed by atoms with Crippen LogP contribution >= 0.6 is 0 Å². The maximum absolute atomic E-state index is 12.6. The molecule has 24 heavy (non-hydrogen) atoms. The number of carboxylic acids is 1. The smallest absolute Gasteiger partial charge is 0.251 e. The van der Waals surface area contributed by atoms with E-state index in [1.165, 1.54) is 19.3 Å². The van der Waals surface area contributed by atoms with Crippen LogP contribution in [0.4, 0.5) is 0 Å². The Hall–Kier alpha value is -1.84. The van der Waals surface area contributed by atoms with Gasteiger partial charge >= 0.3 is 0 Å². The van der Waals surface area contributed by atoms with Gasteiger partial charge in [0.15, 0.2) is 0 Å². The van der Waals surface area contributed by atoms with E-state index in [1.54, 1.807) is 12.1 Å². The number of nitrogens with one attached hydrogen (secondary N) is 1. The van der Waals surface area contributed by atoms with Crippen LogP contribution in [0.3, 0.4) is 0 Å². The van der Waals surface area contributed by atoms with Crippen LogP contribution in [0.15, 0.2) is 24.3 Å². The first-order valence-corrected chi connectivity index (χ1v) is 9.03. The Bertz CT molecular complexity index is 629. The fourth-order valence-electron chi connectivity index (χ4n) is 5.91. The summed E-state index contributed by atoms with van der Waals surface area (Å²) in [7, 11) is 0. The topological polar surface area (TPSA) is 69.2 Å². The third-order valence-corrected chi connectivity index (χ3v) is 6.52. The molecule has 0 aliphatic heterocycles. The minimum Gasteiger partial charge on any atom is -0.548 e. The van der Waals surface area contributed by atoms with Crippen LogP contribution in [0, 0.1) is 30.1 Å². The highest BCUT2D eigenvalue weighted by atomic mass is 16.4. The van der Waals surface area contributed by atoms with Gasteiger partial charge in [-0.15, -0.1) is 0 Å². The maximum Gasteiger partial charge on any atom is 0.251 e. The van der Waals surface area contributed by atoms with E-state index in [9.17, 15) is 14.7 Å². The number of carboxylic acid groups (broad SMARTS) is 1. The number of aliphatic carboxylic acids is 1. The fraction of sp³-hybridized carbons (Fsp3) is 0.600. The van der Waals surface area contributed by atoms with E-state index in [1.807, 2.05) is 19.1 Å². The van der Waals surface area contributed by atoms with Crippen LogP contribution in [0.1, 0.15) is 54.4 Å². The monoisotopic (exact) mass is 326 g/mol. The van der Waals surface area contributed by atoms with E-state index < -0.39 is 12.0 Å². The average molecular weight is 326 g/mol. The van der Waals surface area contributed by atoms with Gasteiger partial charge in [0, 0.05) is 5.56 Å². The minimum absolute atomic E-state index is 0.298. The molecule has 4 nitrogen and oxygen atoms in total. The lowest BCUT2D eigenvalue weighted by Crippen LogP contribution is -2.62. The zero-order valence-electron chi connectivity index (χ0n) is 14.1. The Morgan fingerprint density at radius 1 is 1.04 bits per heavy atom. The van der Waals surface area contributed by atoms with Gasteiger partial charge in [-0.25, -0.2) is 0 Å². The molecule has 1 amide bonds. The number of amides is 1. The summed E-state index contributed by atoms with van der Waals surface area (Å²) in [5, 5.41) is 14.7. The lowest BCUT2D eigenvalue weighted by molar-refractivity contribution is -0.313. The highest BCUT2D eigenvalue weighted by molar-refractivity contribution is 5.96. The molecule has 1 aromatic carbocycles. The third kappa shape index (κ3) is 2.62. The lowest BCUT2D eigenvalue weighted by Gasteiger charge is -2.59. The zero-order chi connectivity index (χ0) is 16.9. The van der Waals surface area contributed by atoms with Gasteiger partial charge in [-0.3, -0.25) is 4.79 Å². The van der Waals surface area contributed by atoms with E-state index in [-0.39, 0.29) is 11.3 Å². The van der Waals surface area contributed by atoms with Gasteiger partial charge in [0.25, 0.3) is 5.91 Å². The largest absolute Gasteiger partial charge is 0.548 e. The number of benzene rings is 1. The van der Waals surface area contributed by atoms with Crippen molar-refractivity contribution in [3.63, 3.8) is 0 Å². The van der Waals surface area contributed by atoms with Crippen LogP contribution in [0.5, 0.6) is 0 Å². The average Bonchev–Trinajstić information content (AvgIpc) is 2.51. The number of hydrogen-bond acceptors (Lipinski definition) is 3. The predicted octanol–water partition coefficient (Wildman–Crippen LogP) is 2.06.